The molecular weight excluding hydrogens is 604 g/mol. The van der Waals surface area contributed by atoms with Crippen LogP contribution in [0.15, 0.2) is 48.5 Å². The number of amides is 1. The number of methoxy groups -OCH3 is 2. The number of benzene rings is 3. The molecule has 6 nitrogen and oxygen atoms in total. The Labute approximate surface area is 261 Å². The molecule has 0 saturated carbocycles. The van der Waals surface area contributed by atoms with Crippen LogP contribution in [0.2, 0.25) is 20.1 Å². The van der Waals surface area contributed by atoms with Gasteiger partial charge in [0.05, 0.1) is 34.3 Å². The summed E-state index contributed by atoms with van der Waals surface area (Å²) in [5, 5.41) is 1.86. The van der Waals surface area contributed by atoms with Crippen molar-refractivity contribution in [3.05, 3.63) is 90.9 Å². The second-order valence-corrected chi connectivity index (χ2v) is 12.4. The van der Waals surface area contributed by atoms with E-state index in [1.807, 2.05) is 43.4 Å². The highest BCUT2D eigenvalue weighted by Gasteiger charge is 2.50. The van der Waals surface area contributed by atoms with E-state index in [1.165, 1.54) is 18.2 Å². The number of hydrogen-bond acceptors (Lipinski definition) is 5. The standard InChI is InChI=1S/C31H33Cl4N3O3/c1-36(18-20-12-24(32)28(40-2)25(33)13-20)30(39)31(16-22-6-4-5-7-23(22)17-31)38-10-8-37(9-11-38)19-21-14-26(34)29(41-3)27(35)15-21/h4-7,12-15H,8-11,16-19H2,1-3H3. The smallest absolute Gasteiger partial charge is 0.243 e. The lowest BCUT2D eigenvalue weighted by molar-refractivity contribution is -0.145. The van der Waals surface area contributed by atoms with Crippen LogP contribution in [-0.2, 0) is 30.7 Å². The number of hydrogen-bond donors (Lipinski definition) is 0. The Morgan fingerprint density at radius 1 is 0.805 bits per heavy atom. The van der Waals surface area contributed by atoms with Gasteiger partial charge < -0.3 is 14.4 Å². The average molecular weight is 637 g/mol. The first-order chi connectivity index (χ1) is 19.6. The van der Waals surface area contributed by atoms with E-state index in [9.17, 15) is 4.79 Å². The molecule has 1 aliphatic carbocycles. The van der Waals surface area contributed by atoms with Gasteiger partial charge >= 0.3 is 0 Å². The average Bonchev–Trinajstić information content (AvgIpc) is 3.33. The van der Waals surface area contributed by atoms with Crippen LogP contribution in [0.25, 0.3) is 0 Å². The quantitative estimate of drug-likeness (QED) is 0.278. The lowest BCUT2D eigenvalue weighted by Crippen LogP contribution is -2.64. The van der Waals surface area contributed by atoms with Crippen LogP contribution >= 0.6 is 46.4 Å². The Balaban J connectivity index is 1.33. The van der Waals surface area contributed by atoms with Crippen LogP contribution in [0, 0.1) is 0 Å². The van der Waals surface area contributed by atoms with Gasteiger partial charge in [-0.1, -0.05) is 70.7 Å². The number of nitrogens with zero attached hydrogens (tertiary/aromatic N) is 3. The van der Waals surface area contributed by atoms with Crippen molar-refractivity contribution in [2.45, 2.75) is 31.5 Å². The van der Waals surface area contributed by atoms with Crippen molar-refractivity contribution in [2.75, 3.05) is 47.4 Å². The maximum absolute atomic E-state index is 14.4. The molecule has 1 aliphatic heterocycles. The summed E-state index contributed by atoms with van der Waals surface area (Å²) in [4.78, 5) is 20.9. The summed E-state index contributed by atoms with van der Waals surface area (Å²) in [5.41, 5.74) is 3.69. The largest absolute Gasteiger partial charge is 0.494 e. The lowest BCUT2D eigenvalue weighted by atomic mass is 9.90. The zero-order chi connectivity index (χ0) is 29.3. The van der Waals surface area contributed by atoms with Crippen molar-refractivity contribution in [2.24, 2.45) is 0 Å². The minimum Gasteiger partial charge on any atom is -0.494 e. The SMILES string of the molecule is COc1c(Cl)cc(CN2CCN(C3(C(=O)N(C)Cc4cc(Cl)c(OC)c(Cl)c4)Cc4ccccc4C3)CC2)cc1Cl. The molecule has 0 atom stereocenters. The van der Waals surface area contributed by atoms with Crippen LogP contribution < -0.4 is 9.47 Å². The van der Waals surface area contributed by atoms with Gasteiger partial charge in [-0.25, -0.2) is 0 Å². The first kappa shape index (κ1) is 30.3. The molecule has 10 heteroatoms. The van der Waals surface area contributed by atoms with Gasteiger partial charge in [0.15, 0.2) is 11.5 Å². The monoisotopic (exact) mass is 635 g/mol. The summed E-state index contributed by atoms with van der Waals surface area (Å²) in [7, 11) is 4.95. The summed E-state index contributed by atoms with van der Waals surface area (Å²) in [6.07, 6.45) is 1.36. The van der Waals surface area contributed by atoms with E-state index in [0.29, 0.717) is 51.0 Å². The molecule has 5 rings (SSSR count). The first-order valence-corrected chi connectivity index (χ1v) is 15.0. The number of carbonyl (C=O) groups is 1. The second kappa shape index (κ2) is 12.6. The summed E-state index contributed by atoms with van der Waals surface area (Å²) >= 11 is 25.5. The van der Waals surface area contributed by atoms with Crippen molar-refractivity contribution in [3.63, 3.8) is 0 Å². The number of halogens is 4. The van der Waals surface area contributed by atoms with Crippen LogP contribution in [-0.4, -0.2) is 73.6 Å². The lowest BCUT2D eigenvalue weighted by Gasteiger charge is -2.46. The van der Waals surface area contributed by atoms with Gasteiger partial charge in [-0.3, -0.25) is 14.6 Å². The van der Waals surface area contributed by atoms with Gasteiger partial charge in [0.1, 0.15) is 5.54 Å². The molecule has 0 spiro atoms. The van der Waals surface area contributed by atoms with E-state index in [0.717, 1.165) is 43.9 Å². The number of piperazine rings is 1. The van der Waals surface area contributed by atoms with Gasteiger partial charge in [-0.2, -0.15) is 0 Å². The molecule has 41 heavy (non-hydrogen) atoms. The van der Waals surface area contributed by atoms with E-state index >= 15 is 0 Å². The topological polar surface area (TPSA) is 45.2 Å². The summed E-state index contributed by atoms with van der Waals surface area (Å²) < 4.78 is 10.6. The van der Waals surface area contributed by atoms with Gasteiger partial charge in [0.2, 0.25) is 5.91 Å². The van der Waals surface area contributed by atoms with Crippen LogP contribution in [0.4, 0.5) is 0 Å². The Bertz CT molecular complexity index is 1370. The third-order valence-electron chi connectivity index (χ3n) is 8.16. The molecule has 3 aromatic rings. The molecule has 218 valence electrons. The van der Waals surface area contributed by atoms with Crippen molar-refractivity contribution in [1.82, 2.24) is 14.7 Å². The fourth-order valence-corrected chi connectivity index (χ4v) is 7.57. The van der Waals surface area contributed by atoms with E-state index < -0.39 is 5.54 Å². The molecule has 0 N–H and O–H groups in total. The molecular formula is C31H33Cl4N3O3. The van der Waals surface area contributed by atoms with Crippen molar-refractivity contribution in [3.8, 4) is 11.5 Å². The fourth-order valence-electron chi connectivity index (χ4n) is 6.20. The summed E-state index contributed by atoms with van der Waals surface area (Å²) in [6, 6.07) is 15.8. The molecule has 0 unspecified atom stereocenters. The summed E-state index contributed by atoms with van der Waals surface area (Å²) in [5.74, 6) is 1.02. The highest BCUT2D eigenvalue weighted by Crippen LogP contribution is 2.39. The predicted molar refractivity (Wildman–Crippen MR) is 166 cm³/mol. The number of rotatable bonds is 8. The molecule has 3 aromatic carbocycles. The Kier molecular flexibility index (Phi) is 9.29. The predicted octanol–water partition coefficient (Wildman–Crippen LogP) is 6.63. The van der Waals surface area contributed by atoms with E-state index in [-0.39, 0.29) is 5.91 Å². The maximum Gasteiger partial charge on any atom is 0.243 e. The van der Waals surface area contributed by atoms with Crippen LogP contribution in [0.5, 0.6) is 11.5 Å². The maximum atomic E-state index is 14.4. The van der Waals surface area contributed by atoms with Crippen LogP contribution in [0.1, 0.15) is 22.3 Å². The third-order valence-corrected chi connectivity index (χ3v) is 9.28. The normalized spacial score (nSPS) is 16.9. The van der Waals surface area contributed by atoms with Gasteiger partial charge in [-0.05, 0) is 46.5 Å². The number of ether oxygens (including phenoxy) is 2. The van der Waals surface area contributed by atoms with Gasteiger partial charge in [0.25, 0.3) is 0 Å². The van der Waals surface area contributed by atoms with Crippen molar-refractivity contribution in [1.29, 1.82) is 0 Å². The number of likely N-dealkylation sites (N-methyl/N-ethyl adjacent to an activating group) is 1. The number of carbonyl (C=O) groups excluding carboxylic acids is 1. The van der Waals surface area contributed by atoms with Crippen molar-refractivity contribution >= 4 is 52.3 Å². The Hall–Kier alpha value is -2.19. The number of fused-ring (bicyclic) bond motifs is 1. The van der Waals surface area contributed by atoms with Crippen LogP contribution in [0.3, 0.4) is 0 Å². The zero-order valence-electron chi connectivity index (χ0n) is 23.4. The first-order valence-electron chi connectivity index (χ1n) is 13.5. The molecule has 2 aliphatic rings. The second-order valence-electron chi connectivity index (χ2n) is 10.8. The highest BCUT2D eigenvalue weighted by molar-refractivity contribution is 6.37. The third kappa shape index (κ3) is 6.15. The summed E-state index contributed by atoms with van der Waals surface area (Å²) in [6.45, 7) is 4.29. The molecule has 1 amide bonds. The highest BCUT2D eigenvalue weighted by atomic mass is 35.5. The van der Waals surface area contributed by atoms with Gasteiger partial charge in [-0.15, -0.1) is 0 Å². The zero-order valence-corrected chi connectivity index (χ0v) is 26.4. The molecule has 1 heterocycles. The Morgan fingerprint density at radius 2 is 1.27 bits per heavy atom. The van der Waals surface area contributed by atoms with E-state index in [1.54, 1.807) is 12.0 Å². The molecule has 0 radical (unpaired) electrons. The minimum atomic E-state index is -0.655. The fraction of sp³-hybridized carbons (Fsp3) is 0.387. The Morgan fingerprint density at radius 3 is 1.73 bits per heavy atom. The van der Waals surface area contributed by atoms with Gasteiger partial charge in [0, 0.05) is 59.2 Å². The minimum absolute atomic E-state index is 0.0962. The van der Waals surface area contributed by atoms with E-state index in [4.69, 9.17) is 55.9 Å². The molecule has 1 saturated heterocycles. The molecule has 0 aromatic heterocycles. The van der Waals surface area contributed by atoms with E-state index in [2.05, 4.69) is 21.9 Å². The van der Waals surface area contributed by atoms with Crippen molar-refractivity contribution < 1.29 is 14.3 Å². The molecule has 1 fully saturated rings. The molecule has 0 bridgehead atoms.